The molecule has 140 heavy (non-hydrogen) atoms. The van der Waals surface area contributed by atoms with Gasteiger partial charge in [-0.15, -0.1) is 24.8 Å². The van der Waals surface area contributed by atoms with Crippen molar-refractivity contribution in [1.29, 1.82) is 0 Å². The molecule has 15 atom stereocenters. The minimum Gasteiger partial charge on any atom is -0.857 e. The molecule has 13 fully saturated rings. The quantitative estimate of drug-likeness (QED) is 0.0257. The number of halogens is 2. The molecule has 0 aromatic carbocycles. The number of nitrogens with one attached hydrogen (secondary N) is 1. The van der Waals surface area contributed by atoms with E-state index >= 15 is 0 Å². The number of carbonyl (C=O) groups excluding carboxylic acids is 4. The van der Waals surface area contributed by atoms with E-state index in [-0.39, 0.29) is 169 Å². The smallest absolute Gasteiger partial charge is 0.857 e. The third-order valence-corrected chi connectivity index (χ3v) is 36.9. The summed E-state index contributed by atoms with van der Waals surface area (Å²) in [6.07, 6.45) is 34.7. The van der Waals surface area contributed by atoms with E-state index in [1.165, 1.54) is 22.3 Å². The summed E-state index contributed by atoms with van der Waals surface area (Å²) in [5.41, 5.74) is 7.43. The maximum atomic E-state index is 12.5. The van der Waals surface area contributed by atoms with E-state index in [0.717, 1.165) is 255 Å². The van der Waals surface area contributed by atoms with Crippen LogP contribution in [0.4, 0.5) is 0 Å². The van der Waals surface area contributed by atoms with Crippen LogP contribution in [-0.2, 0) is 94.9 Å². The molecule has 0 bridgehead atoms. The molecular formula is C106H176Cl2N9NaO22. The summed E-state index contributed by atoms with van der Waals surface area (Å²) >= 11 is 0. The van der Waals surface area contributed by atoms with Crippen LogP contribution in [0.5, 0.6) is 0 Å². The van der Waals surface area contributed by atoms with Crippen LogP contribution in [0.3, 0.4) is 0 Å². The number of oxime groups is 2. The molecule has 21 rings (SSSR count). The van der Waals surface area contributed by atoms with Crippen molar-refractivity contribution in [3.05, 3.63) is 81.9 Å². The average Bonchev–Trinajstić information content (AvgIpc) is 0.848. The number of ketones is 3. The van der Waals surface area contributed by atoms with Crippen LogP contribution in [-0.4, -0.2) is 175 Å². The first-order valence-electron chi connectivity index (χ1n) is 49.6. The van der Waals surface area contributed by atoms with Gasteiger partial charge in [-0.2, -0.15) is 7.11 Å². The SMILES string of the molecule is C.C.CC1(C)C(=O)/C(=C\O)C[C@]2(C)CC3(CC[C@@H]12)OCCO3.CC1(C)C(=O)CC[C@]2(C)CC3(CC[C@@H]12)OCCO3.CC1(C)[C@@H](O)CC[C@]2(C)CC3(CC[C@@H]12)OCCO3.CC1(C)c2oncc2C[C@]2(C)C/C(=N/O)CC[C@@H]12.CC1(C)c2oncc2C[C@]2(C)C/C(=N\O)CC[C@@H]12.CC1(C)c2oncc2C[C@]2(C)CC(=O)CC[C@@H]12.CC1(C)c2oncc2C[C@]2(C)CC(=O)NCC[C@@H]12.CO.C[O-].Cl.Cl.NO.NO.[Na+]. The third-order valence-electron chi connectivity index (χ3n) is 36.9. The van der Waals surface area contributed by atoms with Crippen LogP contribution in [0.25, 0.3) is 0 Å². The number of aliphatic hydroxyl groups excluding tert-OH is 3. The summed E-state index contributed by atoms with van der Waals surface area (Å²) in [5.74, 6) is 14.6. The first kappa shape index (κ1) is 124. The number of allylic oxidation sites excluding steroid dienone is 1. The van der Waals surface area contributed by atoms with Crippen LogP contribution in [0.1, 0.15) is 366 Å². The van der Waals surface area contributed by atoms with Crippen LogP contribution in [0.15, 0.2) is 65.0 Å². The molecule has 4 aliphatic heterocycles. The minimum atomic E-state index is -0.456. The van der Waals surface area contributed by atoms with Gasteiger partial charge in [0, 0.05) is 138 Å². The van der Waals surface area contributed by atoms with Gasteiger partial charge in [0.1, 0.15) is 34.6 Å². The number of aromatic nitrogens is 4. The zero-order chi connectivity index (χ0) is 99.8. The van der Waals surface area contributed by atoms with Crippen molar-refractivity contribution in [2.45, 2.75) is 392 Å². The maximum Gasteiger partial charge on any atom is 1.00 e. The first-order valence-corrected chi connectivity index (χ1v) is 49.6. The minimum absolute atomic E-state index is 0. The fraction of sp³-hybridized carbons (Fsp3) is 0.811. The molecule has 0 radical (unpaired) electrons. The second-order valence-corrected chi connectivity index (χ2v) is 48.5. The number of hydrogen-bond donors (Lipinski definition) is 10. The largest absolute Gasteiger partial charge is 1.00 e. The summed E-state index contributed by atoms with van der Waals surface area (Å²) in [5, 5.41) is 91.8. The molecule has 1 amide bonds. The van der Waals surface area contributed by atoms with Crippen molar-refractivity contribution >= 4 is 59.5 Å². The Bertz CT molecular complexity index is 4730. The predicted molar refractivity (Wildman–Crippen MR) is 532 cm³/mol. The summed E-state index contributed by atoms with van der Waals surface area (Å²) < 4.78 is 57.2. The van der Waals surface area contributed by atoms with Gasteiger partial charge in [0.05, 0.1) is 88.2 Å². The van der Waals surface area contributed by atoms with E-state index in [2.05, 4.69) is 180 Å². The van der Waals surface area contributed by atoms with Crippen molar-refractivity contribution in [2.24, 2.45) is 118 Å². The molecule has 8 heterocycles. The van der Waals surface area contributed by atoms with Crippen molar-refractivity contribution in [3.63, 3.8) is 0 Å². The molecule has 31 nitrogen and oxygen atoms in total. The molecule has 792 valence electrons. The molecule has 13 aliphatic carbocycles. The molecule has 0 unspecified atom stereocenters. The number of carbonyl (C=O) groups is 4. The second kappa shape index (κ2) is 47.2. The van der Waals surface area contributed by atoms with Crippen molar-refractivity contribution in [3.8, 4) is 0 Å². The van der Waals surface area contributed by atoms with E-state index in [9.17, 15) is 29.4 Å². The maximum absolute atomic E-state index is 12.5. The molecule has 4 saturated heterocycles. The van der Waals surface area contributed by atoms with Crippen LogP contribution < -0.4 is 51.8 Å². The number of nitrogens with two attached hydrogens (primary N) is 2. The molecule has 12 N–H and O–H groups in total. The van der Waals surface area contributed by atoms with Gasteiger partial charge in [0.25, 0.3) is 0 Å². The van der Waals surface area contributed by atoms with Crippen LogP contribution in [0, 0.1) is 95.6 Å². The van der Waals surface area contributed by atoms with Crippen molar-refractivity contribution in [2.75, 3.05) is 60.4 Å². The number of rotatable bonds is 0. The monoisotopic (exact) mass is 2020 g/mol. The van der Waals surface area contributed by atoms with Crippen molar-refractivity contribution < 1.29 is 137 Å². The predicted octanol–water partition coefficient (Wildman–Crippen LogP) is 16.2. The average molecular weight is 2020 g/mol. The number of ether oxygens (including phenoxy) is 6. The number of amides is 1. The summed E-state index contributed by atoms with van der Waals surface area (Å²) in [4.78, 5) is 48.3. The van der Waals surface area contributed by atoms with Crippen LogP contribution >= 0.6 is 24.8 Å². The Kier molecular flexibility index (Phi) is 41.6. The summed E-state index contributed by atoms with van der Waals surface area (Å²) in [6.45, 7) is 51.7. The van der Waals surface area contributed by atoms with Gasteiger partial charge in [-0.3, -0.25) is 19.2 Å². The number of Topliss-reactive ketones (excluding diaryl/α,β-unsaturated/α-hetero) is 3. The second-order valence-electron chi connectivity index (χ2n) is 48.5. The Morgan fingerprint density at radius 1 is 0.386 bits per heavy atom. The molecule has 34 heteroatoms. The van der Waals surface area contributed by atoms with E-state index in [0.29, 0.717) is 91.0 Å². The van der Waals surface area contributed by atoms with Gasteiger partial charge in [-0.25, -0.2) is 11.8 Å². The fourth-order valence-corrected chi connectivity index (χ4v) is 31.6. The normalized spacial score (nSPS) is 35.3. The first-order chi connectivity index (χ1) is 63.4. The van der Waals surface area contributed by atoms with Gasteiger partial charge < -0.3 is 93.1 Å². The van der Waals surface area contributed by atoms with Gasteiger partial charge >= 0.3 is 29.6 Å². The summed E-state index contributed by atoms with van der Waals surface area (Å²) in [7, 11) is 1.75. The number of aliphatic hydroxyl groups is 3. The molecular weight excluding hydrogens is 1850 g/mol. The Morgan fingerprint density at radius 2 is 0.700 bits per heavy atom. The zero-order valence-corrected chi connectivity index (χ0v) is 91.0. The topological polar surface area (TPSA) is 481 Å². The molecule has 17 aliphatic rings. The summed E-state index contributed by atoms with van der Waals surface area (Å²) in [6, 6.07) is 0. The third kappa shape index (κ3) is 23.8. The van der Waals surface area contributed by atoms with Crippen molar-refractivity contribution in [1.82, 2.24) is 25.9 Å². The van der Waals surface area contributed by atoms with Gasteiger partial charge in [-0.05, 0) is 207 Å². The number of hydrogen-bond acceptors (Lipinski definition) is 30. The van der Waals surface area contributed by atoms with E-state index in [1.807, 2.05) is 38.6 Å². The van der Waals surface area contributed by atoms with Gasteiger partial charge in [0.15, 0.2) is 23.1 Å². The van der Waals surface area contributed by atoms with Gasteiger partial charge in [-0.1, -0.05) is 191 Å². The molecule has 4 aromatic rings. The van der Waals surface area contributed by atoms with Crippen LogP contribution in [0.2, 0.25) is 0 Å². The van der Waals surface area contributed by atoms with Gasteiger partial charge in [0.2, 0.25) is 5.91 Å². The zero-order valence-electron chi connectivity index (χ0n) is 87.4. The fourth-order valence-electron chi connectivity index (χ4n) is 31.6. The molecule has 9 saturated carbocycles. The molecule has 4 aromatic heterocycles. The Labute approximate surface area is 867 Å². The Balaban J connectivity index is 0.000000246. The Morgan fingerprint density at radius 3 is 1.06 bits per heavy atom. The van der Waals surface area contributed by atoms with E-state index in [4.69, 9.17) is 77.6 Å². The standard InChI is InChI=1S/C16H24O4.C15H26O3.C15H24O3.3C14H20N2O2.C14H19NO2.CH4O.CH3O.2CH4.2ClH.2H3NO.Na/c1-14(2)12-4-5-16(19-6-7-20-16)10-15(12,3)8-11(9-17)13(14)18;2*1-13(2)11-4-7-15(17-8-9-18-15)10-14(11,3)6-5-12(13)16;1-13(2)10-4-5-15-11(17)7-14(10,3)6-9-8-16-18-12(9)13;2*1-13(2)11-5-4-10(16-17)7-14(11,3)6-9-8-15-18-12(9)13;1-13(2)11-5-4-10(16)7-14(11,3)6-9-8-15-17-12(9)13;2*1-2;;;;;2*1-2;/h9,12,17H,4-8,10H2,1-3H3;11-12,16H,4-10H2,1-3H3;11H,4-10H2,1-3H3;8,10H,4-7H2,1-3H3,(H,15,17);2*8,11,17H,4-7H2,1-3H3;8,11H,4-7H2,1-3H3;2H,1H3;1H3;2*1H4;2*1H;2*2H,1H2;/q;;;;;;;;-1;;;;;;;+1/b11-9-;;;;16-10+;16-10-;;;;;;;;;;/t12-,15+;11-,12-,14+;11-,14+;10-,14+;3*11-,14+;;;;;;;;;/m0000000........./s1. The Hall–Kier alpha value is -5.14. The number of nitrogens with zero attached hydrogens (tertiary/aromatic N) is 6. The van der Waals surface area contributed by atoms with E-state index < -0.39 is 11.2 Å². The molecule has 3 spiro atoms. The number of fused-ring (bicyclic) bond motifs is 11. The van der Waals surface area contributed by atoms with E-state index in [1.54, 1.807) is 0 Å².